The highest BCUT2D eigenvalue weighted by molar-refractivity contribution is 9.10. The zero-order valence-electron chi connectivity index (χ0n) is 19.3. The maximum absolute atomic E-state index is 12.8. The number of fused-ring (bicyclic) bond motifs is 3. The lowest BCUT2D eigenvalue weighted by Gasteiger charge is -2.19. The van der Waals surface area contributed by atoms with Gasteiger partial charge in [0.1, 0.15) is 12.6 Å². The Bertz CT molecular complexity index is 1240. The molecule has 180 valence electrons. The van der Waals surface area contributed by atoms with E-state index in [4.69, 9.17) is 4.74 Å². The number of anilines is 1. The molecule has 7 nitrogen and oxygen atoms in total. The molecule has 0 bridgehead atoms. The monoisotopic (exact) mass is 536 g/mol. The Balaban J connectivity index is 1.44. The molecule has 0 heterocycles. The number of carboxylic acids is 1. The topological polar surface area (TPSA) is 105 Å². The quantitative estimate of drug-likeness (QED) is 0.375. The molecule has 1 aliphatic carbocycles. The predicted octanol–water partition coefficient (Wildman–Crippen LogP) is 5.39. The number of carbonyl (C=O) groups is 3. The normalized spacial score (nSPS) is 12.9. The van der Waals surface area contributed by atoms with Gasteiger partial charge in [-0.3, -0.25) is 9.59 Å². The van der Waals surface area contributed by atoms with E-state index in [0.29, 0.717) is 5.69 Å². The van der Waals surface area contributed by atoms with Crippen molar-refractivity contribution in [2.75, 3.05) is 11.9 Å². The van der Waals surface area contributed by atoms with Gasteiger partial charge < -0.3 is 20.5 Å². The molecule has 2 amide bonds. The van der Waals surface area contributed by atoms with Crippen LogP contribution in [-0.4, -0.2) is 35.7 Å². The van der Waals surface area contributed by atoms with E-state index in [9.17, 15) is 19.5 Å². The van der Waals surface area contributed by atoms with Crippen molar-refractivity contribution in [3.63, 3.8) is 0 Å². The number of alkyl carbamates (subject to hydrolysis) is 1. The number of rotatable bonds is 7. The Labute approximate surface area is 211 Å². The summed E-state index contributed by atoms with van der Waals surface area (Å²) in [5.74, 6) is -2.00. The third-order valence-electron chi connectivity index (χ3n) is 6.03. The number of aryl methyl sites for hydroxylation is 2. The highest BCUT2D eigenvalue weighted by Gasteiger charge is 2.30. The van der Waals surface area contributed by atoms with Gasteiger partial charge in [-0.15, -0.1) is 0 Å². The summed E-state index contributed by atoms with van der Waals surface area (Å²) >= 11 is 3.48. The summed E-state index contributed by atoms with van der Waals surface area (Å²) in [7, 11) is 0. The molecule has 3 N–H and O–H groups in total. The van der Waals surface area contributed by atoms with Gasteiger partial charge in [0, 0.05) is 16.1 Å². The zero-order chi connectivity index (χ0) is 25.1. The minimum Gasteiger partial charge on any atom is -0.481 e. The van der Waals surface area contributed by atoms with Gasteiger partial charge in [-0.05, 0) is 59.4 Å². The summed E-state index contributed by atoms with van der Waals surface area (Å²) < 4.78 is 6.40. The Morgan fingerprint density at radius 2 is 1.51 bits per heavy atom. The molecule has 0 spiro atoms. The Hall–Kier alpha value is -3.65. The SMILES string of the molecule is Cc1cc(NC(=O)C(CC(=O)O)NC(=O)OCC2c3ccccc3-c3ccccc32)cc(C)c1Br. The number of ether oxygens (including phenoxy) is 1. The first-order valence-corrected chi connectivity index (χ1v) is 11.9. The van der Waals surface area contributed by atoms with E-state index in [-0.39, 0.29) is 12.5 Å². The molecule has 3 aromatic carbocycles. The van der Waals surface area contributed by atoms with Crippen LogP contribution in [0.2, 0.25) is 0 Å². The second-order valence-corrected chi connectivity index (χ2v) is 9.33. The second-order valence-electron chi connectivity index (χ2n) is 8.53. The van der Waals surface area contributed by atoms with Crippen molar-refractivity contribution >= 4 is 39.6 Å². The van der Waals surface area contributed by atoms with Gasteiger partial charge in [0.25, 0.3) is 0 Å². The van der Waals surface area contributed by atoms with Crippen LogP contribution in [0.3, 0.4) is 0 Å². The molecule has 35 heavy (non-hydrogen) atoms. The van der Waals surface area contributed by atoms with Gasteiger partial charge in [0.2, 0.25) is 5.91 Å². The molecule has 0 aliphatic heterocycles. The van der Waals surface area contributed by atoms with Crippen LogP contribution in [0.15, 0.2) is 65.1 Å². The van der Waals surface area contributed by atoms with Crippen LogP contribution in [0.4, 0.5) is 10.5 Å². The lowest BCUT2D eigenvalue weighted by atomic mass is 9.98. The van der Waals surface area contributed by atoms with E-state index in [2.05, 4.69) is 26.6 Å². The van der Waals surface area contributed by atoms with Crippen molar-refractivity contribution in [3.05, 3.63) is 87.4 Å². The molecule has 0 aromatic heterocycles. The molecule has 0 radical (unpaired) electrons. The number of halogens is 1. The number of amides is 2. The van der Waals surface area contributed by atoms with Crippen LogP contribution in [0.5, 0.6) is 0 Å². The van der Waals surface area contributed by atoms with Gasteiger partial charge in [-0.2, -0.15) is 0 Å². The number of aliphatic carboxylic acids is 1. The van der Waals surface area contributed by atoms with E-state index >= 15 is 0 Å². The molecular formula is C27H25BrN2O5. The van der Waals surface area contributed by atoms with E-state index in [0.717, 1.165) is 37.9 Å². The molecule has 4 rings (SSSR count). The van der Waals surface area contributed by atoms with Crippen LogP contribution >= 0.6 is 15.9 Å². The second kappa shape index (κ2) is 10.3. The number of carbonyl (C=O) groups excluding carboxylic acids is 2. The summed E-state index contributed by atoms with van der Waals surface area (Å²) in [5, 5.41) is 14.4. The molecule has 0 saturated carbocycles. The molecule has 1 atom stereocenters. The summed E-state index contributed by atoms with van der Waals surface area (Å²) in [6.07, 6.45) is -1.43. The number of hydrogen-bond acceptors (Lipinski definition) is 4. The summed E-state index contributed by atoms with van der Waals surface area (Å²) in [4.78, 5) is 36.8. The highest BCUT2D eigenvalue weighted by Crippen LogP contribution is 2.44. The fraction of sp³-hybridized carbons (Fsp3) is 0.222. The first-order chi connectivity index (χ1) is 16.7. The maximum atomic E-state index is 12.8. The lowest BCUT2D eigenvalue weighted by molar-refractivity contribution is -0.139. The zero-order valence-corrected chi connectivity index (χ0v) is 20.9. The lowest BCUT2D eigenvalue weighted by Crippen LogP contribution is -2.45. The van der Waals surface area contributed by atoms with Crippen LogP contribution in [0.1, 0.15) is 34.6 Å². The van der Waals surface area contributed by atoms with Crippen molar-refractivity contribution in [2.24, 2.45) is 0 Å². The van der Waals surface area contributed by atoms with Gasteiger partial charge in [0.15, 0.2) is 0 Å². The standard InChI is InChI=1S/C27H25BrN2O5/c1-15-11-17(12-16(2)25(15)28)29-26(33)23(13-24(31)32)30-27(34)35-14-22-20-9-5-3-7-18(20)19-8-4-6-10-21(19)22/h3-12,22-23H,13-14H2,1-2H3,(H,29,33)(H,30,34)(H,31,32). The third kappa shape index (κ3) is 5.38. The van der Waals surface area contributed by atoms with Crippen molar-refractivity contribution in [1.82, 2.24) is 5.32 Å². The molecule has 0 fully saturated rings. The summed E-state index contributed by atoms with van der Waals surface area (Å²) in [6.45, 7) is 3.83. The van der Waals surface area contributed by atoms with E-state index in [1.807, 2.05) is 62.4 Å². The minimum atomic E-state index is -1.30. The van der Waals surface area contributed by atoms with E-state index < -0.39 is 30.4 Å². The fourth-order valence-corrected chi connectivity index (χ4v) is 4.64. The van der Waals surface area contributed by atoms with Gasteiger partial charge in [0.05, 0.1) is 6.42 Å². The number of nitrogens with one attached hydrogen (secondary N) is 2. The first kappa shape index (κ1) is 24.5. The minimum absolute atomic E-state index is 0.0619. The fourth-order valence-electron chi connectivity index (χ4n) is 4.41. The van der Waals surface area contributed by atoms with Crippen LogP contribution in [-0.2, 0) is 14.3 Å². The Morgan fingerprint density at radius 1 is 0.971 bits per heavy atom. The average molecular weight is 537 g/mol. The summed E-state index contributed by atoms with van der Waals surface area (Å²) in [6, 6.07) is 18.1. The summed E-state index contributed by atoms with van der Waals surface area (Å²) in [5.41, 5.74) is 6.65. The third-order valence-corrected chi connectivity index (χ3v) is 7.29. The highest BCUT2D eigenvalue weighted by atomic mass is 79.9. The number of hydrogen-bond donors (Lipinski definition) is 3. The van der Waals surface area contributed by atoms with Crippen molar-refractivity contribution in [1.29, 1.82) is 0 Å². The maximum Gasteiger partial charge on any atom is 0.407 e. The van der Waals surface area contributed by atoms with Gasteiger partial charge in [-0.25, -0.2) is 4.79 Å². The van der Waals surface area contributed by atoms with Crippen LogP contribution < -0.4 is 10.6 Å². The van der Waals surface area contributed by atoms with E-state index in [1.165, 1.54) is 0 Å². The Kier molecular flexibility index (Phi) is 7.21. The number of benzene rings is 3. The molecule has 8 heteroatoms. The van der Waals surface area contributed by atoms with Crippen molar-refractivity contribution in [3.8, 4) is 11.1 Å². The van der Waals surface area contributed by atoms with Crippen LogP contribution in [0, 0.1) is 13.8 Å². The van der Waals surface area contributed by atoms with Crippen LogP contribution in [0.25, 0.3) is 11.1 Å². The molecule has 0 saturated heterocycles. The first-order valence-electron chi connectivity index (χ1n) is 11.2. The van der Waals surface area contributed by atoms with Crippen molar-refractivity contribution < 1.29 is 24.2 Å². The van der Waals surface area contributed by atoms with Gasteiger partial charge >= 0.3 is 12.1 Å². The number of carboxylic acid groups (broad SMARTS) is 1. The van der Waals surface area contributed by atoms with Gasteiger partial charge in [-0.1, -0.05) is 64.5 Å². The molecule has 1 aliphatic rings. The predicted molar refractivity (Wildman–Crippen MR) is 136 cm³/mol. The molecule has 1 unspecified atom stereocenters. The van der Waals surface area contributed by atoms with Crippen molar-refractivity contribution in [2.45, 2.75) is 32.2 Å². The smallest absolute Gasteiger partial charge is 0.407 e. The Morgan fingerprint density at radius 3 is 2.06 bits per heavy atom. The molecular weight excluding hydrogens is 512 g/mol. The largest absolute Gasteiger partial charge is 0.481 e. The molecule has 3 aromatic rings. The average Bonchev–Trinajstić information content (AvgIpc) is 3.14. The van der Waals surface area contributed by atoms with E-state index in [1.54, 1.807) is 12.1 Å².